The molecule has 0 radical (unpaired) electrons. The zero-order valence-electron chi connectivity index (χ0n) is 17.8. The van der Waals surface area contributed by atoms with Gasteiger partial charge < -0.3 is 19.7 Å². The lowest BCUT2D eigenvalue weighted by Crippen LogP contribution is -2.34. The third-order valence-electron chi connectivity index (χ3n) is 5.30. The molecule has 164 valence electrons. The Bertz CT molecular complexity index is 1160. The molecule has 0 unspecified atom stereocenters. The monoisotopic (exact) mass is 443 g/mol. The fraction of sp³-hybridized carbons (Fsp3) is 0.429. The van der Waals surface area contributed by atoms with E-state index in [0.717, 1.165) is 24.6 Å². The second kappa shape index (κ2) is 8.93. The highest BCUT2D eigenvalue weighted by Crippen LogP contribution is 2.30. The summed E-state index contributed by atoms with van der Waals surface area (Å²) in [4.78, 5) is 36.6. The number of carbonyl (C=O) groups excluding carboxylic acids is 1. The van der Waals surface area contributed by atoms with Crippen molar-refractivity contribution in [1.82, 2.24) is 14.5 Å². The van der Waals surface area contributed by atoms with E-state index in [1.807, 2.05) is 0 Å². The van der Waals surface area contributed by atoms with Crippen LogP contribution in [0, 0.1) is 5.92 Å². The van der Waals surface area contributed by atoms with Crippen molar-refractivity contribution in [3.63, 3.8) is 0 Å². The molecule has 1 saturated heterocycles. The minimum atomic E-state index is -0.360. The first kappa shape index (κ1) is 21.1. The number of ether oxygens (including phenoxy) is 2. The average Bonchev–Trinajstić information content (AvgIpc) is 3.21. The van der Waals surface area contributed by atoms with Crippen LogP contribution in [0.3, 0.4) is 0 Å². The number of aromatic nitrogens is 3. The van der Waals surface area contributed by atoms with Gasteiger partial charge in [0.15, 0.2) is 10.8 Å². The molecule has 0 spiro atoms. The Morgan fingerprint density at radius 2 is 2.16 bits per heavy atom. The van der Waals surface area contributed by atoms with E-state index in [4.69, 9.17) is 9.47 Å². The smallest absolute Gasteiger partial charge is 0.273 e. The van der Waals surface area contributed by atoms with Crippen LogP contribution in [0.15, 0.2) is 29.3 Å². The minimum Gasteiger partial charge on any atom is -0.497 e. The van der Waals surface area contributed by atoms with Crippen LogP contribution in [0.2, 0.25) is 0 Å². The number of rotatable bonds is 6. The third-order valence-corrected chi connectivity index (χ3v) is 6.39. The largest absolute Gasteiger partial charge is 0.497 e. The number of benzene rings is 1. The lowest BCUT2D eigenvalue weighted by Gasteiger charge is -2.30. The lowest BCUT2D eigenvalue weighted by molar-refractivity contribution is -0.116. The van der Waals surface area contributed by atoms with Crippen LogP contribution in [-0.2, 0) is 11.3 Å². The molecule has 0 aliphatic carbocycles. The first-order chi connectivity index (χ1) is 15.0. The molecule has 3 heterocycles. The lowest BCUT2D eigenvalue weighted by atomic mass is 10.0. The maximum Gasteiger partial charge on any atom is 0.273 e. The van der Waals surface area contributed by atoms with Crippen LogP contribution in [0.25, 0.3) is 10.3 Å². The number of hydrogen-bond donors (Lipinski definition) is 1. The minimum absolute atomic E-state index is 0.162. The van der Waals surface area contributed by atoms with E-state index in [1.165, 1.54) is 35.8 Å². The summed E-state index contributed by atoms with van der Waals surface area (Å²) in [6.45, 7) is 3.93. The van der Waals surface area contributed by atoms with Gasteiger partial charge in [-0.3, -0.25) is 14.2 Å². The van der Waals surface area contributed by atoms with Gasteiger partial charge in [0.1, 0.15) is 29.1 Å². The molecule has 1 aliphatic heterocycles. The molecular weight excluding hydrogens is 418 g/mol. The molecule has 0 saturated carbocycles. The van der Waals surface area contributed by atoms with E-state index < -0.39 is 0 Å². The highest BCUT2D eigenvalue weighted by atomic mass is 32.1. The van der Waals surface area contributed by atoms with Gasteiger partial charge in [0.25, 0.3) is 5.56 Å². The predicted octanol–water partition coefficient (Wildman–Crippen LogP) is 2.75. The van der Waals surface area contributed by atoms with E-state index in [1.54, 1.807) is 25.3 Å². The summed E-state index contributed by atoms with van der Waals surface area (Å²) in [6, 6.07) is 5.09. The summed E-state index contributed by atoms with van der Waals surface area (Å²) in [5.41, 5.74) is 0.655. The van der Waals surface area contributed by atoms with E-state index in [2.05, 4.69) is 27.1 Å². The van der Waals surface area contributed by atoms with Crippen LogP contribution in [0.4, 0.5) is 10.8 Å². The van der Waals surface area contributed by atoms with Crippen LogP contribution in [-0.4, -0.2) is 47.8 Å². The van der Waals surface area contributed by atoms with Crippen molar-refractivity contribution in [1.29, 1.82) is 0 Å². The summed E-state index contributed by atoms with van der Waals surface area (Å²) in [6.07, 6.45) is 3.70. The number of nitrogens with zero attached hydrogens (tertiary/aromatic N) is 4. The number of nitrogens with one attached hydrogen (secondary N) is 1. The second-order valence-corrected chi connectivity index (χ2v) is 8.61. The van der Waals surface area contributed by atoms with E-state index in [0.29, 0.717) is 33.5 Å². The molecule has 1 aliphatic rings. The van der Waals surface area contributed by atoms with E-state index in [9.17, 15) is 9.59 Å². The quantitative estimate of drug-likeness (QED) is 0.625. The zero-order valence-corrected chi connectivity index (χ0v) is 18.6. The Labute approximate surface area is 183 Å². The maximum absolute atomic E-state index is 12.9. The van der Waals surface area contributed by atoms with Crippen molar-refractivity contribution in [3.05, 3.63) is 34.9 Å². The molecule has 1 N–H and O–H groups in total. The van der Waals surface area contributed by atoms with Gasteiger partial charge in [0.2, 0.25) is 5.91 Å². The van der Waals surface area contributed by atoms with Gasteiger partial charge in [-0.1, -0.05) is 18.3 Å². The number of fused-ring (bicyclic) bond motifs is 1. The zero-order chi connectivity index (χ0) is 22.0. The van der Waals surface area contributed by atoms with Gasteiger partial charge >= 0.3 is 0 Å². The topological polar surface area (TPSA) is 98.6 Å². The predicted molar refractivity (Wildman–Crippen MR) is 120 cm³/mol. The molecule has 1 amide bonds. The van der Waals surface area contributed by atoms with Gasteiger partial charge in [-0.2, -0.15) is 4.98 Å². The van der Waals surface area contributed by atoms with Crippen LogP contribution in [0.1, 0.15) is 19.8 Å². The molecule has 1 fully saturated rings. The van der Waals surface area contributed by atoms with Crippen LogP contribution < -0.4 is 25.2 Å². The Balaban J connectivity index is 1.53. The normalized spacial score (nSPS) is 16.4. The molecule has 3 aromatic rings. The molecule has 1 aromatic carbocycles. The second-order valence-electron chi connectivity index (χ2n) is 7.63. The summed E-state index contributed by atoms with van der Waals surface area (Å²) >= 11 is 1.34. The molecule has 0 bridgehead atoms. The molecule has 9 nitrogen and oxygen atoms in total. The van der Waals surface area contributed by atoms with E-state index in [-0.39, 0.29) is 18.0 Å². The van der Waals surface area contributed by atoms with Gasteiger partial charge in [-0.05, 0) is 30.9 Å². The van der Waals surface area contributed by atoms with Crippen molar-refractivity contribution < 1.29 is 14.3 Å². The molecule has 2 aromatic heterocycles. The number of amides is 1. The Kier molecular flexibility index (Phi) is 6.08. The number of anilines is 2. The molecular formula is C21H25N5O4S. The Morgan fingerprint density at radius 3 is 2.90 bits per heavy atom. The number of carbonyl (C=O) groups is 1. The van der Waals surface area contributed by atoms with Crippen LogP contribution >= 0.6 is 11.3 Å². The Morgan fingerprint density at radius 1 is 1.32 bits per heavy atom. The number of thiazole rings is 1. The number of methoxy groups -OCH3 is 2. The average molecular weight is 444 g/mol. The van der Waals surface area contributed by atoms with Crippen molar-refractivity contribution in [2.75, 3.05) is 37.5 Å². The maximum atomic E-state index is 12.9. The summed E-state index contributed by atoms with van der Waals surface area (Å²) < 4.78 is 12.2. The van der Waals surface area contributed by atoms with Gasteiger partial charge in [0.05, 0.1) is 19.9 Å². The van der Waals surface area contributed by atoms with Crippen molar-refractivity contribution in [3.8, 4) is 11.5 Å². The number of hydrogen-bond acceptors (Lipinski definition) is 8. The van der Waals surface area contributed by atoms with E-state index >= 15 is 0 Å². The van der Waals surface area contributed by atoms with Crippen molar-refractivity contribution in [2.45, 2.75) is 26.3 Å². The van der Waals surface area contributed by atoms with Crippen LogP contribution in [0.5, 0.6) is 11.5 Å². The molecule has 10 heteroatoms. The van der Waals surface area contributed by atoms with Gasteiger partial charge in [0, 0.05) is 19.2 Å². The third kappa shape index (κ3) is 4.48. The highest BCUT2D eigenvalue weighted by molar-refractivity contribution is 7.22. The Hall–Kier alpha value is -3.14. The summed E-state index contributed by atoms with van der Waals surface area (Å²) in [5, 5.41) is 3.59. The standard InChI is InChI=1S/C21H25N5O4S/c1-13-5-4-8-25(10-13)21-24-19-18(31-21)20(28)26(12-22-19)11-17(27)23-15-7-6-14(29-2)9-16(15)30-3/h6-7,9,12-13H,4-5,8,10-11H2,1-3H3,(H,23,27)/t13-/m0/s1. The molecule has 31 heavy (non-hydrogen) atoms. The fourth-order valence-corrected chi connectivity index (χ4v) is 4.70. The summed E-state index contributed by atoms with van der Waals surface area (Å²) in [7, 11) is 3.07. The van der Waals surface area contributed by atoms with Gasteiger partial charge in [-0.25, -0.2) is 4.98 Å². The molecule has 1 atom stereocenters. The first-order valence-corrected chi connectivity index (χ1v) is 10.9. The van der Waals surface area contributed by atoms with Crippen molar-refractivity contribution >= 4 is 38.4 Å². The SMILES string of the molecule is COc1ccc(NC(=O)Cn2cnc3nc(N4CCC[C@H](C)C4)sc3c2=O)c(OC)c1. The van der Waals surface area contributed by atoms with Gasteiger partial charge in [-0.15, -0.1) is 0 Å². The molecule has 4 rings (SSSR count). The fourth-order valence-electron chi connectivity index (χ4n) is 3.69. The number of piperidine rings is 1. The summed E-state index contributed by atoms with van der Waals surface area (Å²) in [5.74, 6) is 1.33. The highest BCUT2D eigenvalue weighted by Gasteiger charge is 2.21. The van der Waals surface area contributed by atoms with Crippen molar-refractivity contribution in [2.24, 2.45) is 5.92 Å². The first-order valence-electron chi connectivity index (χ1n) is 10.1.